The van der Waals surface area contributed by atoms with Gasteiger partial charge in [-0.05, 0) is 49.4 Å². The molecule has 122 valence electrons. The maximum Gasteiger partial charge on any atom is 0.338 e. The number of carbonyl (C=O) groups excluding carboxylic acids is 2. The largest absolute Gasteiger partial charge is 0.449 e. The normalized spacial score (nSPS) is 11.2. The van der Waals surface area contributed by atoms with Crippen LogP contribution in [-0.4, -0.2) is 18.0 Å². The lowest BCUT2D eigenvalue weighted by atomic mass is 10.2. The first kappa shape index (κ1) is 17.8. The predicted molar refractivity (Wildman–Crippen MR) is 91.1 cm³/mol. The highest BCUT2D eigenvalue weighted by atomic mass is 35.5. The van der Waals surface area contributed by atoms with Gasteiger partial charge < -0.3 is 10.1 Å². The molecule has 0 saturated carbocycles. The second kappa shape index (κ2) is 7.82. The summed E-state index contributed by atoms with van der Waals surface area (Å²) in [7, 11) is 0. The van der Waals surface area contributed by atoms with Crippen molar-refractivity contribution in [3.63, 3.8) is 0 Å². The Kier molecular flexibility index (Phi) is 5.80. The van der Waals surface area contributed by atoms with Gasteiger partial charge >= 0.3 is 5.97 Å². The number of halogens is 2. The van der Waals surface area contributed by atoms with Gasteiger partial charge in [0.25, 0.3) is 5.91 Å². The maximum atomic E-state index is 12.1. The second-order valence-electron chi connectivity index (χ2n) is 4.85. The summed E-state index contributed by atoms with van der Waals surface area (Å²) in [4.78, 5) is 24.1. The molecule has 0 saturated heterocycles. The third-order valence-electron chi connectivity index (χ3n) is 3.09. The van der Waals surface area contributed by atoms with Gasteiger partial charge in [-0.25, -0.2) is 4.79 Å². The van der Waals surface area contributed by atoms with Gasteiger partial charge in [-0.1, -0.05) is 23.2 Å². The van der Waals surface area contributed by atoms with Crippen molar-refractivity contribution in [2.45, 2.75) is 13.0 Å². The predicted octanol–water partition coefficient (Wildman–Crippen LogP) is 4.05. The van der Waals surface area contributed by atoms with Crippen molar-refractivity contribution < 1.29 is 14.3 Å². The van der Waals surface area contributed by atoms with Crippen LogP contribution in [-0.2, 0) is 9.53 Å². The van der Waals surface area contributed by atoms with Crippen molar-refractivity contribution >= 4 is 40.8 Å². The van der Waals surface area contributed by atoms with E-state index in [0.29, 0.717) is 16.3 Å². The molecule has 0 aromatic heterocycles. The van der Waals surface area contributed by atoms with E-state index < -0.39 is 18.0 Å². The van der Waals surface area contributed by atoms with Crippen LogP contribution in [0.2, 0.25) is 10.0 Å². The Hall–Kier alpha value is -2.55. The highest BCUT2D eigenvalue weighted by molar-refractivity contribution is 6.42. The molecule has 1 amide bonds. The number of esters is 1. The van der Waals surface area contributed by atoms with Crippen molar-refractivity contribution in [2.24, 2.45) is 0 Å². The molecule has 24 heavy (non-hydrogen) atoms. The first-order valence-corrected chi connectivity index (χ1v) is 7.63. The molecule has 0 aliphatic rings. The Morgan fingerprint density at radius 3 is 2.38 bits per heavy atom. The van der Waals surface area contributed by atoms with E-state index in [1.165, 1.54) is 25.1 Å². The molecule has 7 heteroatoms. The zero-order valence-corrected chi connectivity index (χ0v) is 14.1. The fourth-order valence-electron chi connectivity index (χ4n) is 1.78. The van der Waals surface area contributed by atoms with Crippen LogP contribution >= 0.6 is 23.2 Å². The van der Waals surface area contributed by atoms with Gasteiger partial charge in [-0.15, -0.1) is 0 Å². The van der Waals surface area contributed by atoms with Crippen LogP contribution in [0.1, 0.15) is 22.8 Å². The molecular formula is C17H12Cl2N2O3. The summed E-state index contributed by atoms with van der Waals surface area (Å²) >= 11 is 11.6. The van der Waals surface area contributed by atoms with Gasteiger partial charge in [0, 0.05) is 5.69 Å². The smallest absolute Gasteiger partial charge is 0.338 e. The van der Waals surface area contributed by atoms with Crippen molar-refractivity contribution in [3.8, 4) is 6.07 Å². The number of nitriles is 1. The number of hydrogen-bond donors (Lipinski definition) is 1. The van der Waals surface area contributed by atoms with Crippen LogP contribution in [0.15, 0.2) is 42.5 Å². The first-order valence-electron chi connectivity index (χ1n) is 6.88. The first-order chi connectivity index (χ1) is 11.4. The molecule has 0 aliphatic carbocycles. The molecule has 0 fully saturated rings. The number of nitrogens with one attached hydrogen (secondary N) is 1. The third kappa shape index (κ3) is 4.48. The van der Waals surface area contributed by atoms with E-state index in [1.807, 2.05) is 6.07 Å². The maximum absolute atomic E-state index is 12.1. The van der Waals surface area contributed by atoms with Gasteiger partial charge in [0.05, 0.1) is 27.2 Å². The molecule has 0 spiro atoms. The number of anilines is 1. The molecule has 1 N–H and O–H groups in total. The molecule has 0 unspecified atom stereocenters. The van der Waals surface area contributed by atoms with Crippen LogP contribution in [0, 0.1) is 11.3 Å². The molecule has 5 nitrogen and oxygen atoms in total. The lowest BCUT2D eigenvalue weighted by Gasteiger charge is -2.14. The monoisotopic (exact) mass is 362 g/mol. The molecular weight excluding hydrogens is 351 g/mol. The van der Waals surface area contributed by atoms with Gasteiger partial charge in [-0.2, -0.15) is 5.26 Å². The van der Waals surface area contributed by atoms with Gasteiger partial charge in [-0.3, -0.25) is 4.79 Å². The van der Waals surface area contributed by atoms with Crippen LogP contribution in [0.4, 0.5) is 5.69 Å². The molecule has 2 aromatic rings. The minimum Gasteiger partial charge on any atom is -0.449 e. The summed E-state index contributed by atoms with van der Waals surface area (Å²) in [5.74, 6) is -1.18. The molecule has 0 heterocycles. The summed E-state index contributed by atoms with van der Waals surface area (Å²) in [6.07, 6.45) is -1.01. The van der Waals surface area contributed by atoms with E-state index in [4.69, 9.17) is 33.2 Å². The average Bonchev–Trinajstić information content (AvgIpc) is 2.57. The zero-order valence-electron chi connectivity index (χ0n) is 12.5. The average molecular weight is 363 g/mol. The third-order valence-corrected chi connectivity index (χ3v) is 3.83. The van der Waals surface area contributed by atoms with E-state index in [-0.39, 0.29) is 10.6 Å². The lowest BCUT2D eigenvalue weighted by molar-refractivity contribution is -0.123. The van der Waals surface area contributed by atoms with Gasteiger partial charge in [0.15, 0.2) is 6.10 Å². The highest BCUT2D eigenvalue weighted by Gasteiger charge is 2.19. The number of carbonyl (C=O) groups is 2. The second-order valence-corrected chi connectivity index (χ2v) is 5.67. The summed E-state index contributed by atoms with van der Waals surface area (Å²) < 4.78 is 5.11. The Morgan fingerprint density at radius 1 is 1.12 bits per heavy atom. The number of hydrogen-bond acceptors (Lipinski definition) is 4. The Balaban J connectivity index is 1.98. The summed E-state index contributed by atoms with van der Waals surface area (Å²) in [6, 6.07) is 12.6. The van der Waals surface area contributed by atoms with Crippen molar-refractivity contribution in [1.29, 1.82) is 5.26 Å². The summed E-state index contributed by atoms with van der Waals surface area (Å²) in [5.41, 5.74) is 1.17. The van der Waals surface area contributed by atoms with Crippen LogP contribution in [0.3, 0.4) is 0 Å². The SMILES string of the molecule is C[C@H](OC(=O)c1ccc(Cl)c(Cl)c1)C(=O)Nc1ccc(C#N)cc1. The van der Waals surface area contributed by atoms with Crippen molar-refractivity contribution in [1.82, 2.24) is 0 Å². The fraction of sp³-hybridized carbons (Fsp3) is 0.118. The topological polar surface area (TPSA) is 79.2 Å². The van der Waals surface area contributed by atoms with Crippen LogP contribution in [0.25, 0.3) is 0 Å². The number of ether oxygens (including phenoxy) is 1. The number of rotatable bonds is 4. The molecule has 0 bridgehead atoms. The van der Waals surface area contributed by atoms with E-state index >= 15 is 0 Å². The summed E-state index contributed by atoms with van der Waals surface area (Å²) in [6.45, 7) is 1.45. The molecule has 2 aromatic carbocycles. The van der Waals surface area contributed by atoms with Crippen LogP contribution < -0.4 is 5.32 Å². The van der Waals surface area contributed by atoms with E-state index in [2.05, 4.69) is 5.32 Å². The van der Waals surface area contributed by atoms with Crippen LogP contribution in [0.5, 0.6) is 0 Å². The van der Waals surface area contributed by atoms with Gasteiger partial charge in [0.1, 0.15) is 0 Å². The highest BCUT2D eigenvalue weighted by Crippen LogP contribution is 2.23. The van der Waals surface area contributed by atoms with E-state index in [9.17, 15) is 9.59 Å². The van der Waals surface area contributed by atoms with E-state index in [0.717, 1.165) is 0 Å². The van der Waals surface area contributed by atoms with Crippen molar-refractivity contribution in [3.05, 3.63) is 63.6 Å². The quantitative estimate of drug-likeness (QED) is 0.832. The Bertz CT molecular complexity index is 814. The van der Waals surface area contributed by atoms with E-state index in [1.54, 1.807) is 24.3 Å². The fourth-order valence-corrected chi connectivity index (χ4v) is 2.08. The minimum atomic E-state index is -1.01. The minimum absolute atomic E-state index is 0.197. The molecule has 0 radical (unpaired) electrons. The number of nitrogens with zero attached hydrogens (tertiary/aromatic N) is 1. The molecule has 2 rings (SSSR count). The number of amides is 1. The number of benzene rings is 2. The summed E-state index contributed by atoms with van der Waals surface area (Å²) in [5, 5.41) is 11.9. The lowest BCUT2D eigenvalue weighted by Crippen LogP contribution is -2.30. The zero-order chi connectivity index (χ0) is 17.7. The molecule has 1 atom stereocenters. The Morgan fingerprint density at radius 2 is 1.79 bits per heavy atom. The Labute approximate surface area is 148 Å². The standard InChI is InChI=1S/C17H12Cl2N2O3/c1-10(16(22)21-13-5-2-11(9-20)3-6-13)24-17(23)12-4-7-14(18)15(19)8-12/h2-8,10H,1H3,(H,21,22)/t10-/m0/s1. The van der Waals surface area contributed by atoms with Crippen molar-refractivity contribution in [2.75, 3.05) is 5.32 Å². The van der Waals surface area contributed by atoms with Gasteiger partial charge in [0.2, 0.25) is 0 Å². The molecule has 0 aliphatic heterocycles.